The van der Waals surface area contributed by atoms with Crippen molar-refractivity contribution in [3.63, 3.8) is 0 Å². The first-order valence-corrected chi connectivity index (χ1v) is 5.52. The zero-order valence-electron chi connectivity index (χ0n) is 9.36. The van der Waals surface area contributed by atoms with E-state index in [2.05, 4.69) is 10.6 Å². The molecule has 1 fully saturated rings. The largest absolute Gasteiger partial charge is 0.480 e. The van der Waals surface area contributed by atoms with Crippen LogP contribution in [-0.2, 0) is 9.53 Å². The summed E-state index contributed by atoms with van der Waals surface area (Å²) in [5.74, 6) is -1.02. The molecule has 0 radical (unpaired) electrons. The molecule has 0 spiro atoms. The van der Waals surface area contributed by atoms with E-state index in [-0.39, 0.29) is 6.10 Å². The fourth-order valence-corrected chi connectivity index (χ4v) is 1.56. The summed E-state index contributed by atoms with van der Waals surface area (Å²) in [5.41, 5.74) is 0. The van der Waals surface area contributed by atoms with E-state index in [1.54, 1.807) is 6.92 Å². The maximum absolute atomic E-state index is 11.3. The smallest absolute Gasteiger partial charge is 0.326 e. The Balaban J connectivity index is 2.21. The van der Waals surface area contributed by atoms with Gasteiger partial charge in [0.1, 0.15) is 6.04 Å². The van der Waals surface area contributed by atoms with Crippen LogP contribution in [0.25, 0.3) is 0 Å². The van der Waals surface area contributed by atoms with Crippen molar-refractivity contribution < 1.29 is 19.4 Å². The average Bonchev–Trinajstić information content (AvgIpc) is 2.75. The molecule has 1 heterocycles. The molecule has 0 aromatic carbocycles. The Morgan fingerprint density at radius 1 is 1.56 bits per heavy atom. The molecule has 16 heavy (non-hydrogen) atoms. The van der Waals surface area contributed by atoms with Crippen molar-refractivity contribution in [1.29, 1.82) is 0 Å². The number of carbonyl (C=O) groups excluding carboxylic acids is 1. The van der Waals surface area contributed by atoms with Crippen LogP contribution in [0.15, 0.2) is 0 Å². The number of aliphatic carboxylic acids is 1. The molecule has 1 aliphatic rings. The van der Waals surface area contributed by atoms with E-state index in [1.165, 1.54) is 0 Å². The number of nitrogens with one attached hydrogen (secondary N) is 2. The fourth-order valence-electron chi connectivity index (χ4n) is 1.56. The molecule has 0 aromatic rings. The summed E-state index contributed by atoms with van der Waals surface area (Å²) in [5, 5.41) is 13.7. The number of rotatable bonds is 5. The summed E-state index contributed by atoms with van der Waals surface area (Å²) in [7, 11) is 0. The van der Waals surface area contributed by atoms with Gasteiger partial charge in [0.2, 0.25) is 0 Å². The number of ether oxygens (including phenoxy) is 1. The van der Waals surface area contributed by atoms with Gasteiger partial charge in [-0.1, -0.05) is 6.92 Å². The van der Waals surface area contributed by atoms with Crippen molar-refractivity contribution in [1.82, 2.24) is 10.6 Å². The number of hydrogen-bond donors (Lipinski definition) is 3. The highest BCUT2D eigenvalue weighted by Crippen LogP contribution is 2.10. The van der Waals surface area contributed by atoms with Crippen molar-refractivity contribution in [3.8, 4) is 0 Å². The minimum atomic E-state index is -1.02. The molecule has 1 aliphatic heterocycles. The highest BCUT2D eigenvalue weighted by Gasteiger charge is 2.19. The lowest BCUT2D eigenvalue weighted by atomic mass is 10.2. The first-order chi connectivity index (χ1) is 7.63. The van der Waals surface area contributed by atoms with Crippen LogP contribution >= 0.6 is 0 Å². The molecule has 6 heteroatoms. The van der Waals surface area contributed by atoms with Crippen LogP contribution in [0.4, 0.5) is 4.79 Å². The van der Waals surface area contributed by atoms with Gasteiger partial charge in [-0.05, 0) is 19.3 Å². The summed E-state index contributed by atoms with van der Waals surface area (Å²) in [6.07, 6.45) is 2.38. The third kappa shape index (κ3) is 4.06. The second-order valence-electron chi connectivity index (χ2n) is 3.79. The maximum Gasteiger partial charge on any atom is 0.326 e. The number of amides is 2. The number of hydrogen-bond acceptors (Lipinski definition) is 3. The van der Waals surface area contributed by atoms with Gasteiger partial charge in [0.25, 0.3) is 0 Å². The van der Waals surface area contributed by atoms with Crippen molar-refractivity contribution in [3.05, 3.63) is 0 Å². The van der Waals surface area contributed by atoms with Gasteiger partial charge < -0.3 is 20.5 Å². The van der Waals surface area contributed by atoms with Crippen LogP contribution < -0.4 is 10.6 Å². The molecule has 1 rings (SSSR count). The van der Waals surface area contributed by atoms with E-state index in [9.17, 15) is 9.59 Å². The Hall–Kier alpha value is -1.30. The molecule has 0 aliphatic carbocycles. The van der Waals surface area contributed by atoms with E-state index >= 15 is 0 Å². The number of carboxylic acid groups (broad SMARTS) is 1. The molecule has 92 valence electrons. The fraction of sp³-hybridized carbons (Fsp3) is 0.800. The number of carboxylic acids is 1. The minimum absolute atomic E-state index is 0.0654. The number of urea groups is 1. The molecule has 0 bridgehead atoms. The second kappa shape index (κ2) is 6.32. The Morgan fingerprint density at radius 2 is 2.31 bits per heavy atom. The van der Waals surface area contributed by atoms with Gasteiger partial charge in [-0.3, -0.25) is 0 Å². The molecule has 3 N–H and O–H groups in total. The molecular formula is C10H18N2O4. The summed E-state index contributed by atoms with van der Waals surface area (Å²) in [6.45, 7) is 2.88. The first-order valence-electron chi connectivity index (χ1n) is 5.52. The van der Waals surface area contributed by atoms with Gasteiger partial charge in [-0.2, -0.15) is 0 Å². The normalized spacial score (nSPS) is 21.4. The van der Waals surface area contributed by atoms with Gasteiger partial charge in [-0.25, -0.2) is 9.59 Å². The standard InChI is InChI=1S/C10H18N2O4/c1-2-8(9(13)14)12-10(15)11-6-7-4-3-5-16-7/h7-8H,2-6H2,1H3,(H,13,14)(H2,11,12,15)/t7?,8-/m1/s1. The van der Waals surface area contributed by atoms with Crippen molar-refractivity contribution in [2.24, 2.45) is 0 Å². The predicted molar refractivity (Wildman–Crippen MR) is 57.2 cm³/mol. The van der Waals surface area contributed by atoms with Gasteiger partial charge in [0.15, 0.2) is 0 Å². The van der Waals surface area contributed by atoms with Crippen molar-refractivity contribution in [2.75, 3.05) is 13.2 Å². The second-order valence-corrected chi connectivity index (χ2v) is 3.79. The van der Waals surface area contributed by atoms with E-state index in [4.69, 9.17) is 9.84 Å². The van der Waals surface area contributed by atoms with Gasteiger partial charge >= 0.3 is 12.0 Å². The Morgan fingerprint density at radius 3 is 2.81 bits per heavy atom. The predicted octanol–water partition coefficient (Wildman–Crippen LogP) is 0.328. The lowest BCUT2D eigenvalue weighted by Gasteiger charge is -2.15. The van der Waals surface area contributed by atoms with Crippen LogP contribution in [0.5, 0.6) is 0 Å². The van der Waals surface area contributed by atoms with Crippen molar-refractivity contribution in [2.45, 2.75) is 38.3 Å². The third-order valence-corrected chi connectivity index (χ3v) is 2.53. The molecule has 0 saturated carbocycles. The minimum Gasteiger partial charge on any atom is -0.480 e. The molecule has 1 saturated heterocycles. The summed E-state index contributed by atoms with van der Waals surface area (Å²) >= 11 is 0. The van der Waals surface area contributed by atoms with E-state index in [1.807, 2.05) is 0 Å². The summed E-state index contributed by atoms with van der Waals surface area (Å²) < 4.78 is 5.32. The highest BCUT2D eigenvalue weighted by atomic mass is 16.5. The molecule has 0 aromatic heterocycles. The molecule has 2 amide bonds. The first kappa shape index (κ1) is 12.8. The van der Waals surface area contributed by atoms with Gasteiger partial charge in [0.05, 0.1) is 6.10 Å². The molecule has 2 atom stereocenters. The Kier molecular flexibility index (Phi) is 5.04. The summed E-state index contributed by atoms with van der Waals surface area (Å²) in [6, 6.07) is -1.28. The SMILES string of the molecule is CC[C@@H](NC(=O)NCC1CCCO1)C(=O)O. The topological polar surface area (TPSA) is 87.7 Å². The van der Waals surface area contributed by atoms with Crippen LogP contribution in [0.1, 0.15) is 26.2 Å². The Bertz CT molecular complexity index is 251. The Labute approximate surface area is 94.3 Å². The van der Waals surface area contributed by atoms with Crippen LogP contribution in [0, 0.1) is 0 Å². The monoisotopic (exact) mass is 230 g/mol. The van der Waals surface area contributed by atoms with Crippen LogP contribution in [0.2, 0.25) is 0 Å². The molecule has 1 unspecified atom stereocenters. The van der Waals surface area contributed by atoms with E-state index < -0.39 is 18.0 Å². The lowest BCUT2D eigenvalue weighted by molar-refractivity contribution is -0.139. The third-order valence-electron chi connectivity index (χ3n) is 2.53. The highest BCUT2D eigenvalue weighted by molar-refractivity contribution is 5.82. The molecule has 6 nitrogen and oxygen atoms in total. The van der Waals surface area contributed by atoms with Gasteiger partial charge in [0, 0.05) is 13.2 Å². The zero-order valence-corrected chi connectivity index (χ0v) is 9.36. The van der Waals surface area contributed by atoms with Crippen LogP contribution in [-0.4, -0.2) is 42.4 Å². The average molecular weight is 230 g/mol. The summed E-state index contributed by atoms with van der Waals surface area (Å²) in [4.78, 5) is 22.0. The quantitative estimate of drug-likeness (QED) is 0.635. The lowest BCUT2D eigenvalue weighted by Crippen LogP contribution is -2.47. The molecular weight excluding hydrogens is 212 g/mol. The maximum atomic E-state index is 11.3. The van der Waals surface area contributed by atoms with Gasteiger partial charge in [-0.15, -0.1) is 0 Å². The van der Waals surface area contributed by atoms with E-state index in [0.717, 1.165) is 19.4 Å². The van der Waals surface area contributed by atoms with Crippen LogP contribution in [0.3, 0.4) is 0 Å². The van der Waals surface area contributed by atoms with E-state index in [0.29, 0.717) is 13.0 Å². The van der Waals surface area contributed by atoms with Crippen molar-refractivity contribution >= 4 is 12.0 Å². The number of carbonyl (C=O) groups is 2. The zero-order chi connectivity index (χ0) is 12.0.